The van der Waals surface area contributed by atoms with Crippen LogP contribution in [0.3, 0.4) is 0 Å². The lowest BCUT2D eigenvalue weighted by Crippen LogP contribution is -2.53. The van der Waals surface area contributed by atoms with Gasteiger partial charge in [-0.25, -0.2) is 12.8 Å². The van der Waals surface area contributed by atoms with Crippen LogP contribution >= 0.6 is 0 Å². The van der Waals surface area contributed by atoms with E-state index in [9.17, 15) is 18.0 Å². The number of halogens is 1. The van der Waals surface area contributed by atoms with E-state index in [1.165, 1.54) is 23.1 Å². The van der Waals surface area contributed by atoms with Crippen molar-refractivity contribution in [1.82, 2.24) is 10.2 Å². The second kappa shape index (κ2) is 15.7. The van der Waals surface area contributed by atoms with Crippen LogP contribution in [0.1, 0.15) is 47.6 Å². The molecule has 0 unspecified atom stereocenters. The van der Waals surface area contributed by atoms with Crippen LogP contribution in [0.5, 0.6) is 0 Å². The van der Waals surface area contributed by atoms with Crippen molar-refractivity contribution >= 4 is 27.5 Å². The maximum Gasteiger partial charge on any atom is 0.264 e. The molecule has 0 aromatic heterocycles. The molecule has 0 aliphatic heterocycles. The molecule has 0 bridgehead atoms. The van der Waals surface area contributed by atoms with Crippen LogP contribution in [0.4, 0.5) is 10.1 Å². The zero-order valence-corrected chi connectivity index (χ0v) is 27.7. The van der Waals surface area contributed by atoms with Gasteiger partial charge in [-0.15, -0.1) is 0 Å². The number of carbonyl (C=O) groups is 2. The molecule has 46 heavy (non-hydrogen) atoms. The number of sulfonamides is 1. The largest absolute Gasteiger partial charge is 0.354 e. The first kappa shape index (κ1) is 34.4. The fourth-order valence-electron chi connectivity index (χ4n) is 5.31. The van der Waals surface area contributed by atoms with Gasteiger partial charge in [-0.2, -0.15) is 0 Å². The van der Waals surface area contributed by atoms with E-state index in [2.05, 4.69) is 5.32 Å². The zero-order chi connectivity index (χ0) is 33.3. The van der Waals surface area contributed by atoms with Crippen molar-refractivity contribution in [2.24, 2.45) is 0 Å². The molecule has 0 aliphatic rings. The molecule has 7 nitrogen and oxygen atoms in total. The molecule has 4 rings (SSSR count). The predicted molar refractivity (Wildman–Crippen MR) is 180 cm³/mol. The molecule has 2 amide bonds. The standard InChI is InChI=1S/C37H42FN3O4S/c1-5-6-22-39-37(43)35(24-30-12-8-7-9-13-30)40(25-31-14-10-11-15-33(31)38)36(42)26-41(34-21-18-28(3)23-29(34)4)46(44,45)32-19-16-27(2)17-20-32/h7-21,23,35H,5-6,22,24-26H2,1-4H3,(H,39,43)/t35-/m0/s1. The lowest BCUT2D eigenvalue weighted by molar-refractivity contribution is -0.140. The molecule has 0 heterocycles. The van der Waals surface area contributed by atoms with E-state index in [-0.39, 0.29) is 29.3 Å². The van der Waals surface area contributed by atoms with E-state index in [4.69, 9.17) is 0 Å². The van der Waals surface area contributed by atoms with Gasteiger partial charge in [-0.05, 0) is 62.6 Å². The second-order valence-electron chi connectivity index (χ2n) is 11.6. The van der Waals surface area contributed by atoms with Crippen molar-refractivity contribution in [3.8, 4) is 0 Å². The minimum atomic E-state index is -4.23. The second-order valence-corrected chi connectivity index (χ2v) is 13.4. The fourth-order valence-corrected chi connectivity index (χ4v) is 6.78. The molecule has 4 aromatic rings. The van der Waals surface area contributed by atoms with Crippen LogP contribution < -0.4 is 9.62 Å². The number of hydrogen-bond donors (Lipinski definition) is 1. The lowest BCUT2D eigenvalue weighted by Gasteiger charge is -2.34. The number of hydrogen-bond acceptors (Lipinski definition) is 4. The summed E-state index contributed by atoms with van der Waals surface area (Å²) >= 11 is 0. The molecule has 0 spiro atoms. The summed E-state index contributed by atoms with van der Waals surface area (Å²) in [5.74, 6) is -1.55. The van der Waals surface area contributed by atoms with Gasteiger partial charge in [0, 0.05) is 25.1 Å². The highest BCUT2D eigenvalue weighted by Gasteiger charge is 2.35. The van der Waals surface area contributed by atoms with Gasteiger partial charge < -0.3 is 10.2 Å². The van der Waals surface area contributed by atoms with Crippen LogP contribution in [-0.4, -0.2) is 44.3 Å². The van der Waals surface area contributed by atoms with E-state index in [0.29, 0.717) is 17.8 Å². The Morgan fingerprint density at radius 2 is 1.50 bits per heavy atom. The Morgan fingerprint density at radius 3 is 2.15 bits per heavy atom. The van der Waals surface area contributed by atoms with Crippen LogP contribution in [-0.2, 0) is 32.6 Å². The first-order valence-electron chi connectivity index (χ1n) is 15.5. The van der Waals surface area contributed by atoms with Crippen molar-refractivity contribution in [3.05, 3.63) is 131 Å². The quantitative estimate of drug-likeness (QED) is 0.159. The van der Waals surface area contributed by atoms with Gasteiger partial charge in [0.1, 0.15) is 18.4 Å². The monoisotopic (exact) mass is 643 g/mol. The molecule has 0 aliphatic carbocycles. The maximum atomic E-state index is 15.1. The Kier molecular flexibility index (Phi) is 11.7. The average molecular weight is 644 g/mol. The third kappa shape index (κ3) is 8.60. The van der Waals surface area contributed by atoms with Crippen LogP contribution in [0, 0.1) is 26.6 Å². The molecule has 4 aromatic carbocycles. The van der Waals surface area contributed by atoms with E-state index in [1.54, 1.807) is 49.4 Å². The van der Waals surface area contributed by atoms with Crippen LogP contribution in [0.25, 0.3) is 0 Å². The van der Waals surface area contributed by atoms with Gasteiger partial charge in [0.05, 0.1) is 10.6 Å². The highest BCUT2D eigenvalue weighted by atomic mass is 32.2. The molecule has 0 radical (unpaired) electrons. The van der Waals surface area contributed by atoms with E-state index in [1.807, 2.05) is 57.2 Å². The van der Waals surface area contributed by atoms with Crippen LogP contribution in [0.2, 0.25) is 0 Å². The van der Waals surface area contributed by atoms with E-state index >= 15 is 4.39 Å². The van der Waals surface area contributed by atoms with Crippen molar-refractivity contribution in [2.45, 2.75) is 64.4 Å². The van der Waals surface area contributed by atoms with E-state index < -0.39 is 34.3 Å². The summed E-state index contributed by atoms with van der Waals surface area (Å²) in [5.41, 5.74) is 3.87. The number of carbonyl (C=O) groups excluding carboxylic acids is 2. The first-order chi connectivity index (χ1) is 22.0. The Labute approximate surface area is 272 Å². The highest BCUT2D eigenvalue weighted by Crippen LogP contribution is 2.29. The van der Waals surface area contributed by atoms with Crippen molar-refractivity contribution in [3.63, 3.8) is 0 Å². The molecule has 1 atom stereocenters. The number of aryl methyl sites for hydroxylation is 3. The molecule has 9 heteroatoms. The summed E-state index contributed by atoms with van der Waals surface area (Å²) in [6.07, 6.45) is 1.77. The number of amides is 2. The van der Waals surface area contributed by atoms with Crippen molar-refractivity contribution in [1.29, 1.82) is 0 Å². The van der Waals surface area contributed by atoms with Gasteiger partial charge >= 0.3 is 0 Å². The SMILES string of the molecule is CCCCNC(=O)[C@H](Cc1ccccc1)N(Cc1ccccc1F)C(=O)CN(c1ccc(C)cc1C)S(=O)(=O)c1ccc(C)cc1. The van der Waals surface area contributed by atoms with Gasteiger partial charge in [0.25, 0.3) is 10.0 Å². The third-order valence-electron chi connectivity index (χ3n) is 7.91. The molecule has 0 saturated carbocycles. The summed E-state index contributed by atoms with van der Waals surface area (Å²) in [7, 11) is -4.23. The molecule has 0 saturated heterocycles. The maximum absolute atomic E-state index is 15.1. The van der Waals surface area contributed by atoms with Gasteiger partial charge in [-0.1, -0.05) is 97.3 Å². The minimum Gasteiger partial charge on any atom is -0.354 e. The minimum absolute atomic E-state index is 0.0321. The number of unbranched alkanes of at least 4 members (excludes halogenated alkanes) is 1. The normalized spacial score (nSPS) is 11.9. The van der Waals surface area contributed by atoms with Gasteiger partial charge in [-0.3, -0.25) is 13.9 Å². The molecule has 1 N–H and O–H groups in total. The molecular weight excluding hydrogens is 601 g/mol. The summed E-state index contributed by atoms with van der Waals surface area (Å²) in [6.45, 7) is 7.16. The Hall–Kier alpha value is -4.50. The highest BCUT2D eigenvalue weighted by molar-refractivity contribution is 7.92. The number of benzene rings is 4. The number of nitrogens with zero attached hydrogens (tertiary/aromatic N) is 2. The number of anilines is 1. The summed E-state index contributed by atoms with van der Waals surface area (Å²) in [4.78, 5) is 29.7. The molecule has 0 fully saturated rings. The molecular formula is C37H42FN3O4S. The topological polar surface area (TPSA) is 86.8 Å². The smallest absolute Gasteiger partial charge is 0.264 e. The number of rotatable bonds is 14. The third-order valence-corrected chi connectivity index (χ3v) is 9.68. The van der Waals surface area contributed by atoms with E-state index in [0.717, 1.165) is 33.8 Å². The predicted octanol–water partition coefficient (Wildman–Crippen LogP) is 6.50. The fraction of sp³-hybridized carbons (Fsp3) is 0.297. The lowest BCUT2D eigenvalue weighted by atomic mass is 10.0. The Balaban J connectivity index is 1.82. The zero-order valence-electron chi connectivity index (χ0n) is 26.9. The van der Waals surface area contributed by atoms with Crippen LogP contribution in [0.15, 0.2) is 102 Å². The van der Waals surface area contributed by atoms with Crippen molar-refractivity contribution < 1.29 is 22.4 Å². The Morgan fingerprint density at radius 1 is 0.848 bits per heavy atom. The summed E-state index contributed by atoms with van der Waals surface area (Å²) < 4.78 is 44.6. The average Bonchev–Trinajstić information content (AvgIpc) is 3.03. The summed E-state index contributed by atoms with van der Waals surface area (Å²) in [6, 6.07) is 26.1. The summed E-state index contributed by atoms with van der Waals surface area (Å²) in [5, 5.41) is 2.94. The Bertz CT molecular complexity index is 1740. The van der Waals surface area contributed by atoms with Gasteiger partial charge in [0.2, 0.25) is 11.8 Å². The van der Waals surface area contributed by atoms with Crippen molar-refractivity contribution in [2.75, 3.05) is 17.4 Å². The molecule has 242 valence electrons. The number of nitrogens with one attached hydrogen (secondary N) is 1. The first-order valence-corrected chi connectivity index (χ1v) is 17.0. The van der Waals surface area contributed by atoms with Gasteiger partial charge in [0.15, 0.2) is 0 Å².